The van der Waals surface area contributed by atoms with E-state index >= 15 is 0 Å². The van der Waals surface area contributed by atoms with Crippen LogP contribution < -0.4 is 14.8 Å². The third-order valence-electron chi connectivity index (χ3n) is 5.64. The summed E-state index contributed by atoms with van der Waals surface area (Å²) in [5.74, 6) is 1.30. The van der Waals surface area contributed by atoms with Crippen molar-refractivity contribution in [2.24, 2.45) is 0 Å². The fraction of sp³-hybridized carbons (Fsp3) is 0.391. The molecule has 6 heteroatoms. The SMILES string of the molecule is CCC1CCCCN1C(=O)c1ccc(C(=O)NCc2ccc3c(c2)OCO3)cc1. The maximum Gasteiger partial charge on any atom is 0.254 e. The predicted octanol–water partition coefficient (Wildman–Crippen LogP) is 3.75. The Morgan fingerprint density at radius 3 is 2.59 bits per heavy atom. The zero-order valence-corrected chi connectivity index (χ0v) is 16.6. The summed E-state index contributed by atoms with van der Waals surface area (Å²) in [6, 6.07) is 12.9. The van der Waals surface area contributed by atoms with Gasteiger partial charge in [-0.3, -0.25) is 9.59 Å². The maximum atomic E-state index is 12.9. The third kappa shape index (κ3) is 4.21. The largest absolute Gasteiger partial charge is 0.454 e. The number of amides is 2. The second-order valence-electron chi connectivity index (χ2n) is 7.50. The summed E-state index contributed by atoms with van der Waals surface area (Å²) in [7, 11) is 0. The molecule has 1 fully saturated rings. The molecule has 6 nitrogen and oxygen atoms in total. The standard InChI is InChI=1S/C23H26N2O4/c1-2-19-5-3-4-12-25(19)23(27)18-9-7-17(8-10-18)22(26)24-14-16-6-11-20-21(13-16)29-15-28-20/h6-11,13,19H,2-5,12,14-15H2,1H3,(H,24,26). The van der Waals surface area contributed by atoms with Gasteiger partial charge < -0.3 is 19.7 Å². The van der Waals surface area contributed by atoms with E-state index in [0.717, 1.165) is 37.1 Å². The van der Waals surface area contributed by atoms with Crippen molar-refractivity contribution in [2.45, 2.75) is 45.2 Å². The van der Waals surface area contributed by atoms with E-state index in [2.05, 4.69) is 12.2 Å². The van der Waals surface area contributed by atoms with Crippen molar-refractivity contribution in [3.63, 3.8) is 0 Å². The lowest BCUT2D eigenvalue weighted by Gasteiger charge is -2.35. The van der Waals surface area contributed by atoms with Crippen molar-refractivity contribution in [3.8, 4) is 11.5 Å². The lowest BCUT2D eigenvalue weighted by Crippen LogP contribution is -2.43. The number of benzene rings is 2. The van der Waals surface area contributed by atoms with Gasteiger partial charge in [0.2, 0.25) is 6.79 Å². The summed E-state index contributed by atoms with van der Waals surface area (Å²) in [6.45, 7) is 3.56. The molecule has 2 aromatic rings. The van der Waals surface area contributed by atoms with Gasteiger partial charge in [-0.1, -0.05) is 13.0 Å². The Balaban J connectivity index is 1.37. The summed E-state index contributed by atoms with van der Waals surface area (Å²) in [5, 5.41) is 2.90. The van der Waals surface area contributed by atoms with Crippen molar-refractivity contribution >= 4 is 11.8 Å². The zero-order valence-electron chi connectivity index (χ0n) is 16.6. The molecule has 2 amide bonds. The molecule has 0 bridgehead atoms. The fourth-order valence-electron chi connectivity index (χ4n) is 3.96. The van der Waals surface area contributed by atoms with Crippen LogP contribution in [0.3, 0.4) is 0 Å². The number of carbonyl (C=O) groups excluding carboxylic acids is 2. The molecule has 29 heavy (non-hydrogen) atoms. The molecular formula is C23H26N2O4. The summed E-state index contributed by atoms with van der Waals surface area (Å²) < 4.78 is 10.7. The highest BCUT2D eigenvalue weighted by atomic mass is 16.7. The van der Waals surface area contributed by atoms with E-state index in [9.17, 15) is 9.59 Å². The Kier molecular flexibility index (Phi) is 5.69. The highest BCUT2D eigenvalue weighted by molar-refractivity contribution is 5.98. The van der Waals surface area contributed by atoms with E-state index in [1.165, 1.54) is 6.42 Å². The molecule has 4 rings (SSSR count). The Morgan fingerprint density at radius 2 is 1.79 bits per heavy atom. The average Bonchev–Trinajstić information content (AvgIpc) is 3.25. The van der Waals surface area contributed by atoms with Gasteiger partial charge in [0.05, 0.1) is 0 Å². The lowest BCUT2D eigenvalue weighted by atomic mass is 9.98. The average molecular weight is 394 g/mol. The molecule has 0 saturated carbocycles. The van der Waals surface area contributed by atoms with Crippen LogP contribution in [0.4, 0.5) is 0 Å². The first-order valence-corrected chi connectivity index (χ1v) is 10.2. The second-order valence-corrected chi connectivity index (χ2v) is 7.50. The van der Waals surface area contributed by atoms with Crippen LogP contribution in [0.1, 0.15) is 58.9 Å². The number of nitrogens with zero attached hydrogens (tertiary/aromatic N) is 1. The summed E-state index contributed by atoms with van der Waals surface area (Å²) in [6.07, 6.45) is 4.29. The van der Waals surface area contributed by atoms with E-state index in [-0.39, 0.29) is 18.6 Å². The van der Waals surface area contributed by atoms with Crippen LogP contribution in [-0.4, -0.2) is 36.1 Å². The van der Waals surface area contributed by atoms with Gasteiger partial charge in [-0.05, 0) is 67.6 Å². The third-order valence-corrected chi connectivity index (χ3v) is 5.64. The molecular weight excluding hydrogens is 368 g/mol. The molecule has 152 valence electrons. The van der Waals surface area contributed by atoms with Crippen LogP contribution >= 0.6 is 0 Å². The van der Waals surface area contributed by atoms with Crippen molar-refractivity contribution < 1.29 is 19.1 Å². The second kappa shape index (κ2) is 8.55. The monoisotopic (exact) mass is 394 g/mol. The van der Waals surface area contributed by atoms with E-state index in [4.69, 9.17) is 9.47 Å². The number of piperidine rings is 1. The summed E-state index contributed by atoms with van der Waals surface area (Å²) >= 11 is 0. The quantitative estimate of drug-likeness (QED) is 0.839. The van der Waals surface area contributed by atoms with E-state index < -0.39 is 0 Å². The Bertz CT molecular complexity index is 894. The number of hydrogen-bond acceptors (Lipinski definition) is 4. The lowest BCUT2D eigenvalue weighted by molar-refractivity contribution is 0.0607. The van der Waals surface area contributed by atoms with Crippen LogP contribution in [0.2, 0.25) is 0 Å². The Labute approximate surface area is 170 Å². The maximum absolute atomic E-state index is 12.9. The first-order chi connectivity index (χ1) is 14.2. The minimum Gasteiger partial charge on any atom is -0.454 e. The number of fused-ring (bicyclic) bond motifs is 1. The van der Waals surface area contributed by atoms with E-state index in [1.54, 1.807) is 24.3 Å². The predicted molar refractivity (Wildman–Crippen MR) is 109 cm³/mol. The van der Waals surface area contributed by atoms with Crippen molar-refractivity contribution in [2.75, 3.05) is 13.3 Å². The first-order valence-electron chi connectivity index (χ1n) is 10.2. The summed E-state index contributed by atoms with van der Waals surface area (Å²) in [5.41, 5.74) is 2.11. The summed E-state index contributed by atoms with van der Waals surface area (Å²) in [4.78, 5) is 27.3. The molecule has 0 aliphatic carbocycles. The molecule has 2 heterocycles. The number of likely N-dealkylation sites (tertiary alicyclic amines) is 1. The van der Waals surface area contributed by atoms with Gasteiger partial charge in [-0.2, -0.15) is 0 Å². The molecule has 0 radical (unpaired) electrons. The van der Waals surface area contributed by atoms with Gasteiger partial charge >= 0.3 is 0 Å². The van der Waals surface area contributed by atoms with Crippen LogP contribution in [0.5, 0.6) is 11.5 Å². The minimum absolute atomic E-state index is 0.0591. The number of carbonyl (C=O) groups is 2. The molecule has 1 N–H and O–H groups in total. The topological polar surface area (TPSA) is 67.9 Å². The van der Waals surface area contributed by atoms with Crippen molar-refractivity contribution in [1.82, 2.24) is 10.2 Å². The van der Waals surface area contributed by atoms with Crippen molar-refractivity contribution in [3.05, 3.63) is 59.2 Å². The van der Waals surface area contributed by atoms with Crippen LogP contribution in [0.25, 0.3) is 0 Å². The molecule has 2 aliphatic rings. The minimum atomic E-state index is -0.175. The highest BCUT2D eigenvalue weighted by Gasteiger charge is 2.26. The smallest absolute Gasteiger partial charge is 0.254 e. The van der Waals surface area contributed by atoms with Crippen molar-refractivity contribution in [1.29, 1.82) is 0 Å². The number of rotatable bonds is 5. The van der Waals surface area contributed by atoms with E-state index in [1.807, 2.05) is 23.1 Å². The molecule has 1 saturated heterocycles. The number of ether oxygens (including phenoxy) is 2. The number of nitrogens with one attached hydrogen (secondary N) is 1. The van der Waals surface area contributed by atoms with Gasteiger partial charge in [0.1, 0.15) is 0 Å². The molecule has 0 spiro atoms. The number of hydrogen-bond donors (Lipinski definition) is 1. The fourth-order valence-corrected chi connectivity index (χ4v) is 3.96. The zero-order chi connectivity index (χ0) is 20.2. The molecule has 2 aromatic carbocycles. The van der Waals surface area contributed by atoms with Crippen LogP contribution in [-0.2, 0) is 6.54 Å². The van der Waals surface area contributed by atoms with Gasteiger partial charge in [0.15, 0.2) is 11.5 Å². The molecule has 0 aromatic heterocycles. The first kappa shape index (κ1) is 19.3. The van der Waals surface area contributed by atoms with Crippen LogP contribution in [0.15, 0.2) is 42.5 Å². The van der Waals surface area contributed by atoms with E-state index in [0.29, 0.717) is 29.5 Å². The van der Waals surface area contributed by atoms with Gasteiger partial charge in [0, 0.05) is 30.3 Å². The Morgan fingerprint density at radius 1 is 1.03 bits per heavy atom. The van der Waals surface area contributed by atoms with Gasteiger partial charge in [-0.25, -0.2) is 0 Å². The highest BCUT2D eigenvalue weighted by Crippen LogP contribution is 2.32. The van der Waals surface area contributed by atoms with Gasteiger partial charge in [0.25, 0.3) is 11.8 Å². The van der Waals surface area contributed by atoms with Crippen LogP contribution in [0, 0.1) is 0 Å². The molecule has 2 aliphatic heterocycles. The van der Waals surface area contributed by atoms with Gasteiger partial charge in [-0.15, -0.1) is 0 Å². The Hall–Kier alpha value is -3.02. The molecule has 1 atom stereocenters. The molecule has 1 unspecified atom stereocenters. The normalized spacial score (nSPS) is 17.8.